The van der Waals surface area contributed by atoms with E-state index in [9.17, 15) is 0 Å². The van der Waals surface area contributed by atoms with Crippen LogP contribution in [0.25, 0.3) is 54.2 Å². The molecule has 0 bridgehead atoms. The van der Waals surface area contributed by atoms with Crippen LogP contribution in [0.5, 0.6) is 0 Å². The maximum Gasteiger partial charge on any atom is -0.000753 e. The predicted octanol–water partition coefficient (Wildman–Crippen LogP) is 12.8. The van der Waals surface area contributed by atoms with Gasteiger partial charge in [0.05, 0.1) is 0 Å². The van der Waals surface area contributed by atoms with Crippen molar-refractivity contribution < 1.29 is 0 Å². The molecular formula is C45H50. The van der Waals surface area contributed by atoms with Crippen molar-refractivity contribution in [2.45, 2.75) is 117 Å². The quantitative estimate of drug-likeness (QED) is 0.154. The Bertz CT molecular complexity index is 2250. The average molecular weight is 591 g/mol. The molecule has 0 amide bonds. The summed E-state index contributed by atoms with van der Waals surface area (Å²) in [5.74, 6) is 0. The molecule has 0 aromatic heterocycles. The first-order valence-electron chi connectivity index (χ1n) is 17.0. The summed E-state index contributed by atoms with van der Waals surface area (Å²) in [5, 5.41) is 11.9. The lowest BCUT2D eigenvalue weighted by Gasteiger charge is -2.25. The Morgan fingerprint density at radius 2 is 0.400 bits per heavy atom. The molecular weight excluding hydrogens is 540 g/mol. The summed E-state index contributed by atoms with van der Waals surface area (Å²) in [7, 11) is 0. The third kappa shape index (κ3) is 3.39. The summed E-state index contributed by atoms with van der Waals surface area (Å²) in [6, 6.07) is 0. The van der Waals surface area contributed by atoms with Gasteiger partial charge in [0.25, 0.3) is 0 Å². The standard InChI is InChI=1S/C45H50/c1-18-20(3)24(7)42-36(22(18)5)26(9)28(11)38-32(15)40-34(30(13)44(38)42)17-35-31(14)45-39(33(16)41(35)40)29(12)27(10)37-23(6)19(2)21(4)25(8)43(37)45/h17H2,1-16H3. The zero-order chi connectivity index (χ0) is 32.9. The summed E-state index contributed by atoms with van der Waals surface area (Å²) >= 11 is 0. The van der Waals surface area contributed by atoms with Crippen LogP contribution >= 0.6 is 0 Å². The number of aryl methyl sites for hydroxylation is 12. The number of rotatable bonds is 0. The van der Waals surface area contributed by atoms with Crippen molar-refractivity contribution in [3.05, 3.63) is 100 Å². The normalized spacial score (nSPS) is 12.8. The lowest BCUT2D eigenvalue weighted by Crippen LogP contribution is -2.03. The van der Waals surface area contributed by atoms with Crippen LogP contribution in [0.4, 0.5) is 0 Å². The Hall–Kier alpha value is -3.64. The largest absolute Gasteiger partial charge is 0.0444 e. The van der Waals surface area contributed by atoms with Gasteiger partial charge in [-0.1, -0.05) is 0 Å². The Balaban J connectivity index is 1.72. The number of fused-ring (bicyclic) bond motifs is 9. The fraction of sp³-hybridized carbons (Fsp3) is 0.378. The fourth-order valence-electron chi connectivity index (χ4n) is 9.92. The molecule has 1 aliphatic carbocycles. The van der Waals surface area contributed by atoms with Gasteiger partial charge in [0, 0.05) is 0 Å². The van der Waals surface area contributed by atoms with Crippen molar-refractivity contribution in [3.63, 3.8) is 0 Å². The Kier molecular flexibility index (Phi) is 6.31. The third-order valence-corrected chi connectivity index (χ3v) is 13.4. The van der Waals surface area contributed by atoms with E-state index in [2.05, 4.69) is 111 Å². The van der Waals surface area contributed by atoms with Gasteiger partial charge in [0.2, 0.25) is 0 Å². The second kappa shape index (κ2) is 9.45. The molecule has 0 aliphatic heterocycles. The Morgan fingerprint density at radius 1 is 0.200 bits per heavy atom. The van der Waals surface area contributed by atoms with Crippen molar-refractivity contribution >= 4 is 43.1 Å². The Labute approximate surface area is 270 Å². The molecule has 0 N–H and O–H groups in total. The van der Waals surface area contributed by atoms with E-state index in [1.54, 1.807) is 11.1 Å². The topological polar surface area (TPSA) is 0 Å². The van der Waals surface area contributed by atoms with Gasteiger partial charge in [0.15, 0.2) is 0 Å². The first kappa shape index (κ1) is 30.0. The smallest absolute Gasteiger partial charge is 0.000753 e. The zero-order valence-corrected chi connectivity index (χ0v) is 30.7. The van der Waals surface area contributed by atoms with Crippen molar-refractivity contribution in [2.24, 2.45) is 0 Å². The first-order chi connectivity index (χ1) is 21.1. The van der Waals surface area contributed by atoms with Crippen molar-refractivity contribution in [2.75, 3.05) is 0 Å². The fourth-order valence-corrected chi connectivity index (χ4v) is 9.92. The van der Waals surface area contributed by atoms with Crippen LogP contribution in [-0.4, -0.2) is 0 Å². The van der Waals surface area contributed by atoms with E-state index >= 15 is 0 Å². The maximum atomic E-state index is 2.43. The molecule has 45 heavy (non-hydrogen) atoms. The van der Waals surface area contributed by atoms with Crippen molar-refractivity contribution in [1.82, 2.24) is 0 Å². The van der Waals surface area contributed by atoms with Crippen molar-refractivity contribution in [3.8, 4) is 11.1 Å². The highest BCUT2D eigenvalue weighted by atomic mass is 14.4. The molecule has 0 unspecified atom stereocenters. The molecule has 7 rings (SSSR count). The molecule has 0 nitrogen and oxygen atoms in total. The van der Waals surface area contributed by atoms with Gasteiger partial charge in [-0.2, -0.15) is 0 Å². The highest BCUT2D eigenvalue weighted by Gasteiger charge is 2.32. The minimum atomic E-state index is 1.02. The van der Waals surface area contributed by atoms with Crippen LogP contribution in [0, 0.1) is 111 Å². The molecule has 0 spiro atoms. The summed E-state index contributed by atoms with van der Waals surface area (Å²) in [5.41, 5.74) is 29.4. The highest BCUT2D eigenvalue weighted by Crippen LogP contribution is 2.53. The van der Waals surface area contributed by atoms with Crippen LogP contribution in [0.3, 0.4) is 0 Å². The van der Waals surface area contributed by atoms with Gasteiger partial charge in [-0.25, -0.2) is 0 Å². The molecule has 0 saturated carbocycles. The summed E-state index contributed by atoms with van der Waals surface area (Å²) < 4.78 is 0. The first-order valence-corrected chi connectivity index (χ1v) is 17.0. The van der Waals surface area contributed by atoms with Gasteiger partial charge in [-0.05, 0) is 272 Å². The Morgan fingerprint density at radius 3 is 0.689 bits per heavy atom. The van der Waals surface area contributed by atoms with Gasteiger partial charge >= 0.3 is 0 Å². The summed E-state index contributed by atoms with van der Waals surface area (Å²) in [6.45, 7) is 37.9. The van der Waals surface area contributed by atoms with Gasteiger partial charge < -0.3 is 0 Å². The monoisotopic (exact) mass is 590 g/mol. The van der Waals surface area contributed by atoms with E-state index in [0.29, 0.717) is 0 Å². The molecule has 0 heteroatoms. The van der Waals surface area contributed by atoms with E-state index in [4.69, 9.17) is 0 Å². The van der Waals surface area contributed by atoms with Gasteiger partial charge in [-0.15, -0.1) is 0 Å². The maximum absolute atomic E-state index is 2.43. The highest BCUT2D eigenvalue weighted by molar-refractivity contribution is 6.21. The number of hydrogen-bond acceptors (Lipinski definition) is 0. The van der Waals surface area contributed by atoms with E-state index in [1.807, 2.05) is 0 Å². The van der Waals surface area contributed by atoms with Crippen LogP contribution in [0.2, 0.25) is 0 Å². The molecule has 0 saturated heterocycles. The van der Waals surface area contributed by atoms with Crippen LogP contribution in [0.1, 0.15) is 100 Å². The average Bonchev–Trinajstić information content (AvgIpc) is 3.42. The summed E-state index contributed by atoms with van der Waals surface area (Å²) in [6.07, 6.45) is 1.02. The second-order valence-corrected chi connectivity index (χ2v) is 14.9. The SMILES string of the molecule is Cc1c(C)c(C)c2c(c1C)c(C)c(C)c1c(C)c3c(c(C)c12)Cc1c-3c(C)c2c(C)c(C)c3c(C)c(C)c(C)c(C)c3c2c1C. The minimum absolute atomic E-state index is 1.02. The van der Waals surface area contributed by atoms with Crippen molar-refractivity contribution in [1.29, 1.82) is 0 Å². The van der Waals surface area contributed by atoms with Crippen LogP contribution < -0.4 is 0 Å². The molecule has 0 radical (unpaired) electrons. The van der Waals surface area contributed by atoms with E-state index in [1.165, 1.54) is 143 Å². The molecule has 1 aliphatic rings. The lowest BCUT2D eigenvalue weighted by atomic mass is 9.78. The minimum Gasteiger partial charge on any atom is -0.0444 e. The van der Waals surface area contributed by atoms with E-state index in [0.717, 1.165) is 6.42 Å². The number of hydrogen-bond donors (Lipinski definition) is 0. The predicted molar refractivity (Wildman–Crippen MR) is 200 cm³/mol. The molecule has 0 fully saturated rings. The molecule has 6 aromatic carbocycles. The molecule has 0 atom stereocenters. The molecule has 0 heterocycles. The molecule has 230 valence electrons. The zero-order valence-electron chi connectivity index (χ0n) is 30.7. The van der Waals surface area contributed by atoms with E-state index < -0.39 is 0 Å². The van der Waals surface area contributed by atoms with Crippen LogP contribution in [0.15, 0.2) is 0 Å². The van der Waals surface area contributed by atoms with Crippen LogP contribution in [-0.2, 0) is 6.42 Å². The lowest BCUT2D eigenvalue weighted by molar-refractivity contribution is 1.19. The van der Waals surface area contributed by atoms with Gasteiger partial charge in [0.1, 0.15) is 0 Å². The van der Waals surface area contributed by atoms with E-state index in [-0.39, 0.29) is 0 Å². The number of benzene rings is 6. The summed E-state index contributed by atoms with van der Waals surface area (Å²) in [4.78, 5) is 0. The van der Waals surface area contributed by atoms with Gasteiger partial charge in [-0.3, -0.25) is 0 Å². The molecule has 6 aromatic rings. The third-order valence-electron chi connectivity index (χ3n) is 13.4. The second-order valence-electron chi connectivity index (χ2n) is 14.9.